The number of nitrogens with zero attached hydrogens (tertiary/aromatic N) is 2. The van der Waals surface area contributed by atoms with E-state index in [-0.39, 0.29) is 11.3 Å². The number of aromatic amines is 1. The zero-order valence-electron chi connectivity index (χ0n) is 12.0. The number of anilines is 1. The first-order valence-corrected chi connectivity index (χ1v) is 6.62. The summed E-state index contributed by atoms with van der Waals surface area (Å²) < 4.78 is 1.41. The lowest BCUT2D eigenvalue weighted by molar-refractivity contribution is 0.102. The molecule has 0 radical (unpaired) electrons. The number of nitrogens with one attached hydrogen (secondary N) is 2. The predicted molar refractivity (Wildman–Crippen MR) is 82.1 cm³/mol. The molecule has 0 bridgehead atoms. The van der Waals surface area contributed by atoms with Gasteiger partial charge in [-0.1, -0.05) is 17.7 Å². The Morgan fingerprint density at radius 2 is 2.00 bits per heavy atom. The molecule has 0 spiro atoms. The molecule has 7 heteroatoms. The van der Waals surface area contributed by atoms with Crippen LogP contribution in [0, 0.1) is 6.92 Å². The van der Waals surface area contributed by atoms with Crippen LogP contribution in [-0.4, -0.2) is 25.8 Å². The highest BCUT2D eigenvalue weighted by Crippen LogP contribution is 2.24. The molecule has 3 N–H and O–H groups in total. The van der Waals surface area contributed by atoms with Crippen molar-refractivity contribution in [3.8, 4) is 5.75 Å². The van der Waals surface area contributed by atoms with Crippen molar-refractivity contribution in [3.63, 3.8) is 0 Å². The van der Waals surface area contributed by atoms with E-state index in [0.29, 0.717) is 16.7 Å². The Kier molecular flexibility index (Phi) is 3.17. The Bertz CT molecular complexity index is 922. The van der Waals surface area contributed by atoms with Gasteiger partial charge in [0.2, 0.25) is 0 Å². The maximum absolute atomic E-state index is 12.3. The van der Waals surface area contributed by atoms with Gasteiger partial charge in [-0.15, -0.1) is 0 Å². The summed E-state index contributed by atoms with van der Waals surface area (Å²) in [5.41, 5.74) is 0.949. The fraction of sp³-hybridized carbons (Fsp3) is 0.133. The summed E-state index contributed by atoms with van der Waals surface area (Å²) in [6.07, 6.45) is 1.39. The molecule has 7 nitrogen and oxygen atoms in total. The second-order valence-corrected chi connectivity index (χ2v) is 5.03. The first-order valence-electron chi connectivity index (χ1n) is 6.62. The molecule has 0 aliphatic carbocycles. The summed E-state index contributed by atoms with van der Waals surface area (Å²) in [7, 11) is 1.63. The van der Waals surface area contributed by atoms with Crippen molar-refractivity contribution in [3.05, 3.63) is 51.9 Å². The van der Waals surface area contributed by atoms with Crippen molar-refractivity contribution < 1.29 is 9.90 Å². The molecule has 1 aromatic carbocycles. The van der Waals surface area contributed by atoms with E-state index < -0.39 is 11.5 Å². The Morgan fingerprint density at radius 1 is 1.32 bits per heavy atom. The minimum absolute atomic E-state index is 0.316. The van der Waals surface area contributed by atoms with Gasteiger partial charge in [-0.3, -0.25) is 14.3 Å². The molecule has 0 saturated heterocycles. The predicted octanol–water partition coefficient (Wildman–Crippen LogP) is 1.53. The summed E-state index contributed by atoms with van der Waals surface area (Å²) in [5.74, 6) is -1.05. The lowest BCUT2D eigenvalue weighted by Gasteiger charge is -2.07. The molecule has 0 fully saturated rings. The Labute approximate surface area is 125 Å². The van der Waals surface area contributed by atoms with E-state index in [9.17, 15) is 14.7 Å². The number of hydrogen-bond acceptors (Lipinski definition) is 4. The van der Waals surface area contributed by atoms with Gasteiger partial charge in [-0.05, 0) is 19.1 Å². The monoisotopic (exact) mass is 298 g/mol. The Morgan fingerprint density at radius 3 is 2.68 bits per heavy atom. The van der Waals surface area contributed by atoms with Crippen molar-refractivity contribution in [2.75, 3.05) is 5.32 Å². The number of pyridine rings is 1. The number of aromatic hydroxyl groups is 1. The van der Waals surface area contributed by atoms with E-state index in [2.05, 4.69) is 15.4 Å². The SMILES string of the molecule is Cc1ccc(NC(=O)c2c(O)c3cnn(C)c3[nH]c2=O)cc1. The molecule has 0 aliphatic rings. The smallest absolute Gasteiger partial charge is 0.266 e. The number of H-pyrrole nitrogens is 1. The standard InChI is InChI=1S/C15H14N4O3/c1-8-3-5-9(6-4-8)17-14(21)11-12(20)10-7-16-19(2)13(10)18-15(11)22/h3-7H,1-2H3,(H,17,21)(H2,18,20,22). The number of hydrogen-bond donors (Lipinski definition) is 3. The quantitative estimate of drug-likeness (QED) is 0.668. The van der Waals surface area contributed by atoms with Crippen LogP contribution >= 0.6 is 0 Å². The van der Waals surface area contributed by atoms with Gasteiger partial charge >= 0.3 is 0 Å². The van der Waals surface area contributed by atoms with Gasteiger partial charge in [0.1, 0.15) is 17.0 Å². The van der Waals surface area contributed by atoms with Crippen LogP contribution in [0.2, 0.25) is 0 Å². The van der Waals surface area contributed by atoms with E-state index in [1.165, 1.54) is 10.9 Å². The van der Waals surface area contributed by atoms with E-state index >= 15 is 0 Å². The molecule has 0 saturated carbocycles. The normalized spacial score (nSPS) is 10.8. The number of carbonyl (C=O) groups excluding carboxylic acids is 1. The zero-order valence-corrected chi connectivity index (χ0v) is 12.0. The second-order valence-electron chi connectivity index (χ2n) is 5.03. The first-order chi connectivity index (χ1) is 10.5. The minimum atomic E-state index is -0.673. The van der Waals surface area contributed by atoms with Crippen LogP contribution in [-0.2, 0) is 7.05 Å². The zero-order chi connectivity index (χ0) is 15.9. The van der Waals surface area contributed by atoms with Crippen LogP contribution in [0.5, 0.6) is 5.75 Å². The van der Waals surface area contributed by atoms with Crippen molar-refractivity contribution >= 4 is 22.6 Å². The van der Waals surface area contributed by atoms with E-state index in [4.69, 9.17) is 0 Å². The summed E-state index contributed by atoms with van der Waals surface area (Å²) in [6.45, 7) is 1.93. The van der Waals surface area contributed by atoms with Gasteiger partial charge in [-0.25, -0.2) is 0 Å². The molecule has 0 aliphatic heterocycles. The van der Waals surface area contributed by atoms with E-state index in [0.717, 1.165) is 5.56 Å². The fourth-order valence-electron chi connectivity index (χ4n) is 2.21. The highest BCUT2D eigenvalue weighted by atomic mass is 16.3. The van der Waals surface area contributed by atoms with Crippen molar-refractivity contribution in [2.45, 2.75) is 6.92 Å². The molecule has 0 atom stereocenters. The molecular weight excluding hydrogens is 284 g/mol. The number of benzene rings is 1. The third-order valence-electron chi connectivity index (χ3n) is 3.43. The van der Waals surface area contributed by atoms with Crippen molar-refractivity contribution in [1.82, 2.24) is 14.8 Å². The topological polar surface area (TPSA) is 100 Å². The summed E-state index contributed by atoms with van der Waals surface area (Å²) in [6, 6.07) is 7.12. The third kappa shape index (κ3) is 2.22. The molecule has 2 aromatic heterocycles. The van der Waals surface area contributed by atoms with Gasteiger partial charge in [0.25, 0.3) is 11.5 Å². The average molecular weight is 298 g/mol. The second kappa shape index (κ2) is 5.03. The van der Waals surface area contributed by atoms with Crippen LogP contribution in [0.15, 0.2) is 35.3 Å². The summed E-state index contributed by atoms with van der Waals surface area (Å²) in [5, 5.41) is 17.1. The molecule has 2 heterocycles. The molecule has 3 aromatic rings. The number of carbonyl (C=O) groups is 1. The minimum Gasteiger partial charge on any atom is -0.506 e. The van der Waals surface area contributed by atoms with Crippen LogP contribution in [0.1, 0.15) is 15.9 Å². The summed E-state index contributed by atoms with van der Waals surface area (Å²) >= 11 is 0. The van der Waals surface area contributed by atoms with E-state index in [1.54, 1.807) is 19.2 Å². The molecule has 3 rings (SSSR count). The van der Waals surface area contributed by atoms with Gasteiger partial charge in [-0.2, -0.15) is 5.10 Å². The fourth-order valence-corrected chi connectivity index (χ4v) is 2.21. The van der Waals surface area contributed by atoms with Gasteiger partial charge in [0, 0.05) is 12.7 Å². The van der Waals surface area contributed by atoms with Gasteiger partial charge < -0.3 is 15.4 Å². The van der Waals surface area contributed by atoms with Crippen molar-refractivity contribution in [2.24, 2.45) is 7.05 Å². The molecule has 1 amide bonds. The van der Waals surface area contributed by atoms with Crippen LogP contribution < -0.4 is 10.9 Å². The van der Waals surface area contributed by atoms with Gasteiger partial charge in [0.15, 0.2) is 0 Å². The molecule has 112 valence electrons. The molecule has 22 heavy (non-hydrogen) atoms. The van der Waals surface area contributed by atoms with Crippen LogP contribution in [0.4, 0.5) is 5.69 Å². The molecule has 0 unspecified atom stereocenters. The molecular formula is C15H14N4O3. The largest absolute Gasteiger partial charge is 0.506 e. The lowest BCUT2D eigenvalue weighted by atomic mass is 10.1. The van der Waals surface area contributed by atoms with Gasteiger partial charge in [0.05, 0.1) is 11.6 Å². The summed E-state index contributed by atoms with van der Waals surface area (Å²) in [4.78, 5) is 26.9. The van der Waals surface area contributed by atoms with E-state index in [1.807, 2.05) is 19.1 Å². The number of amides is 1. The maximum atomic E-state index is 12.3. The van der Waals surface area contributed by atoms with Crippen LogP contribution in [0.3, 0.4) is 0 Å². The third-order valence-corrected chi connectivity index (χ3v) is 3.43. The average Bonchev–Trinajstić information content (AvgIpc) is 2.83. The first kappa shape index (κ1) is 13.9. The Hall–Kier alpha value is -3.09. The number of aromatic nitrogens is 3. The number of rotatable bonds is 2. The van der Waals surface area contributed by atoms with Crippen molar-refractivity contribution in [1.29, 1.82) is 0 Å². The highest BCUT2D eigenvalue weighted by molar-refractivity contribution is 6.08. The number of fused-ring (bicyclic) bond motifs is 1. The maximum Gasteiger partial charge on any atom is 0.266 e. The highest BCUT2D eigenvalue weighted by Gasteiger charge is 2.20. The Balaban J connectivity index is 2.04. The lowest BCUT2D eigenvalue weighted by Crippen LogP contribution is -2.23. The number of aryl methyl sites for hydroxylation is 2. The van der Waals surface area contributed by atoms with Crippen LogP contribution in [0.25, 0.3) is 11.0 Å².